The molecule has 0 saturated carbocycles. The molecular formula is C15H23N5OS. The second-order valence-corrected chi connectivity index (χ2v) is 6.42. The van der Waals surface area contributed by atoms with Crippen LogP contribution >= 0.6 is 11.3 Å². The first-order valence-corrected chi connectivity index (χ1v) is 8.49. The minimum atomic E-state index is -0.0557. The average molecular weight is 321 g/mol. The zero-order valence-electron chi connectivity index (χ0n) is 13.6. The average Bonchev–Trinajstić information content (AvgIpc) is 3.05. The van der Waals surface area contributed by atoms with Gasteiger partial charge in [-0.25, -0.2) is 0 Å². The highest BCUT2D eigenvalue weighted by Crippen LogP contribution is 2.28. The fraction of sp³-hybridized carbons (Fsp3) is 0.600. The Bertz CT molecular complexity index is 630. The molecule has 0 radical (unpaired) electrons. The molecule has 0 aliphatic heterocycles. The minimum Gasteiger partial charge on any atom is -0.300 e. The molecule has 22 heavy (non-hydrogen) atoms. The molecule has 0 spiro atoms. The molecule has 0 aromatic carbocycles. The van der Waals surface area contributed by atoms with Gasteiger partial charge in [0.15, 0.2) is 0 Å². The maximum atomic E-state index is 12.0. The number of rotatable bonds is 7. The van der Waals surface area contributed by atoms with Crippen LogP contribution in [0.3, 0.4) is 0 Å². The van der Waals surface area contributed by atoms with Gasteiger partial charge < -0.3 is 5.32 Å². The van der Waals surface area contributed by atoms with Crippen LogP contribution in [0, 0.1) is 13.8 Å². The predicted octanol–water partition coefficient (Wildman–Crippen LogP) is 3.28. The molecule has 0 aliphatic rings. The topological polar surface area (TPSA) is 72.7 Å². The van der Waals surface area contributed by atoms with Gasteiger partial charge in [0.25, 0.3) is 0 Å². The lowest BCUT2D eigenvalue weighted by atomic mass is 10.1. The molecule has 0 bridgehead atoms. The van der Waals surface area contributed by atoms with Crippen LogP contribution in [0.15, 0.2) is 6.07 Å². The lowest BCUT2D eigenvalue weighted by Gasteiger charge is -2.06. The van der Waals surface area contributed by atoms with E-state index in [0.717, 1.165) is 29.2 Å². The highest BCUT2D eigenvalue weighted by molar-refractivity contribution is 7.15. The molecule has 0 saturated heterocycles. The summed E-state index contributed by atoms with van der Waals surface area (Å²) in [4.78, 5) is 12.0. The Labute approximate surface area is 135 Å². The Morgan fingerprint density at radius 3 is 2.64 bits per heavy atom. The van der Waals surface area contributed by atoms with E-state index in [1.165, 1.54) is 11.3 Å². The molecular weight excluding hydrogens is 298 g/mol. The fourth-order valence-electron chi connectivity index (χ4n) is 2.38. The molecule has 0 atom stereocenters. The monoisotopic (exact) mass is 321 g/mol. The first kappa shape index (κ1) is 16.6. The van der Waals surface area contributed by atoms with Gasteiger partial charge in [-0.2, -0.15) is 5.10 Å². The lowest BCUT2D eigenvalue weighted by Crippen LogP contribution is -2.15. The van der Waals surface area contributed by atoms with Gasteiger partial charge in [-0.1, -0.05) is 25.2 Å². The van der Waals surface area contributed by atoms with Crippen molar-refractivity contribution in [3.63, 3.8) is 0 Å². The molecule has 2 rings (SSSR count). The van der Waals surface area contributed by atoms with Gasteiger partial charge in [0.1, 0.15) is 5.01 Å². The quantitative estimate of drug-likeness (QED) is 0.849. The number of hydrogen-bond acceptors (Lipinski definition) is 5. The summed E-state index contributed by atoms with van der Waals surface area (Å²) < 4.78 is 1.85. The summed E-state index contributed by atoms with van der Waals surface area (Å²) in [6.07, 6.45) is 2.45. The molecule has 1 N–H and O–H groups in total. The third kappa shape index (κ3) is 4.13. The third-order valence-electron chi connectivity index (χ3n) is 3.68. The van der Waals surface area contributed by atoms with E-state index in [1.807, 2.05) is 24.6 Å². The first-order valence-electron chi connectivity index (χ1n) is 7.67. The van der Waals surface area contributed by atoms with Crippen molar-refractivity contribution in [1.29, 1.82) is 0 Å². The van der Waals surface area contributed by atoms with Gasteiger partial charge in [-0.05, 0) is 32.8 Å². The second-order valence-electron chi connectivity index (χ2n) is 5.41. The van der Waals surface area contributed by atoms with Crippen LogP contribution < -0.4 is 5.32 Å². The largest absolute Gasteiger partial charge is 0.300 e. The number of nitrogens with one attached hydrogen (secondary N) is 1. The van der Waals surface area contributed by atoms with Gasteiger partial charge in [-0.3, -0.25) is 9.48 Å². The Morgan fingerprint density at radius 2 is 2.05 bits per heavy atom. The normalized spacial score (nSPS) is 11.1. The van der Waals surface area contributed by atoms with Crippen LogP contribution in [-0.2, 0) is 11.3 Å². The molecule has 2 aromatic heterocycles. The van der Waals surface area contributed by atoms with E-state index >= 15 is 0 Å². The number of anilines is 1. The summed E-state index contributed by atoms with van der Waals surface area (Å²) in [6.45, 7) is 8.79. The van der Waals surface area contributed by atoms with Crippen molar-refractivity contribution >= 4 is 22.4 Å². The number of carbonyl (C=O) groups is 1. The molecule has 120 valence electrons. The molecule has 6 nitrogen and oxygen atoms in total. The smallest absolute Gasteiger partial charge is 0.228 e. The number of hydrogen-bond donors (Lipinski definition) is 1. The SMILES string of the molecule is CCC(CC)c1nnc(NC(=O)CCn2nc(C)cc2C)s1. The molecule has 2 heterocycles. The van der Waals surface area contributed by atoms with E-state index in [0.29, 0.717) is 24.0 Å². The summed E-state index contributed by atoms with van der Waals surface area (Å²) in [5, 5.41) is 17.0. The molecule has 0 aliphatic carbocycles. The van der Waals surface area contributed by atoms with E-state index in [9.17, 15) is 4.79 Å². The van der Waals surface area contributed by atoms with E-state index in [2.05, 4.69) is 34.5 Å². The van der Waals surface area contributed by atoms with Crippen molar-refractivity contribution in [1.82, 2.24) is 20.0 Å². The summed E-state index contributed by atoms with van der Waals surface area (Å²) in [7, 11) is 0. The van der Waals surface area contributed by atoms with Crippen molar-refractivity contribution in [2.45, 2.75) is 59.4 Å². The third-order valence-corrected chi connectivity index (χ3v) is 4.68. The number of amides is 1. The number of nitrogens with zero attached hydrogens (tertiary/aromatic N) is 4. The highest BCUT2D eigenvalue weighted by atomic mass is 32.1. The zero-order valence-corrected chi connectivity index (χ0v) is 14.4. The lowest BCUT2D eigenvalue weighted by molar-refractivity contribution is -0.116. The molecule has 0 unspecified atom stereocenters. The van der Waals surface area contributed by atoms with E-state index in [1.54, 1.807) is 0 Å². The van der Waals surface area contributed by atoms with Crippen molar-refractivity contribution in [3.8, 4) is 0 Å². The van der Waals surface area contributed by atoms with Crippen LogP contribution in [-0.4, -0.2) is 25.9 Å². The molecule has 0 fully saturated rings. The van der Waals surface area contributed by atoms with E-state index in [-0.39, 0.29) is 5.91 Å². The summed E-state index contributed by atoms with van der Waals surface area (Å²) in [5.41, 5.74) is 2.04. The highest BCUT2D eigenvalue weighted by Gasteiger charge is 2.14. The Hall–Kier alpha value is -1.76. The fourth-order valence-corrected chi connectivity index (χ4v) is 3.40. The predicted molar refractivity (Wildman–Crippen MR) is 88.2 cm³/mol. The Balaban J connectivity index is 1.88. The Morgan fingerprint density at radius 1 is 1.32 bits per heavy atom. The van der Waals surface area contributed by atoms with Crippen LogP contribution in [0.25, 0.3) is 0 Å². The molecule has 2 aromatic rings. The van der Waals surface area contributed by atoms with Gasteiger partial charge >= 0.3 is 0 Å². The summed E-state index contributed by atoms with van der Waals surface area (Å²) in [6, 6.07) is 2.00. The second kappa shape index (κ2) is 7.49. The Kier molecular flexibility index (Phi) is 5.65. The molecule has 7 heteroatoms. The first-order chi connectivity index (χ1) is 10.5. The summed E-state index contributed by atoms with van der Waals surface area (Å²) >= 11 is 1.47. The summed E-state index contributed by atoms with van der Waals surface area (Å²) in [5.74, 6) is 0.373. The van der Waals surface area contributed by atoms with Crippen LogP contribution in [0.2, 0.25) is 0 Å². The van der Waals surface area contributed by atoms with E-state index < -0.39 is 0 Å². The van der Waals surface area contributed by atoms with Crippen LogP contribution in [0.5, 0.6) is 0 Å². The number of carbonyl (C=O) groups excluding carboxylic acids is 1. The minimum absolute atomic E-state index is 0.0557. The van der Waals surface area contributed by atoms with Gasteiger partial charge in [0.05, 0.1) is 5.69 Å². The van der Waals surface area contributed by atoms with E-state index in [4.69, 9.17) is 0 Å². The van der Waals surface area contributed by atoms with Crippen molar-refractivity contribution in [2.24, 2.45) is 0 Å². The van der Waals surface area contributed by atoms with Gasteiger partial charge in [-0.15, -0.1) is 10.2 Å². The molecule has 1 amide bonds. The van der Waals surface area contributed by atoms with Crippen molar-refractivity contribution in [2.75, 3.05) is 5.32 Å². The van der Waals surface area contributed by atoms with Crippen LogP contribution in [0.1, 0.15) is 55.4 Å². The van der Waals surface area contributed by atoms with Crippen LogP contribution in [0.4, 0.5) is 5.13 Å². The van der Waals surface area contributed by atoms with Crippen molar-refractivity contribution < 1.29 is 4.79 Å². The number of aryl methyl sites for hydroxylation is 3. The van der Waals surface area contributed by atoms with Gasteiger partial charge in [0, 0.05) is 24.6 Å². The number of aromatic nitrogens is 4. The maximum Gasteiger partial charge on any atom is 0.228 e. The standard InChI is InChI=1S/C15H23N5OS/c1-5-12(6-2)14-17-18-15(22-14)16-13(21)7-8-20-11(4)9-10(3)19-20/h9,12H,5-8H2,1-4H3,(H,16,18,21). The zero-order chi connectivity index (χ0) is 16.1. The maximum absolute atomic E-state index is 12.0. The van der Waals surface area contributed by atoms with Crippen molar-refractivity contribution in [3.05, 3.63) is 22.5 Å². The van der Waals surface area contributed by atoms with Gasteiger partial charge in [0.2, 0.25) is 11.0 Å².